The summed E-state index contributed by atoms with van der Waals surface area (Å²) in [6, 6.07) is 5.54. The van der Waals surface area contributed by atoms with E-state index in [1.807, 2.05) is 30.5 Å². The molecule has 8 nitrogen and oxygen atoms in total. The largest absolute Gasteiger partial charge is 0.462 e. The molecule has 0 atom stereocenters. The smallest absolute Gasteiger partial charge is 0.341 e. The Kier molecular flexibility index (Phi) is 7.58. The molecule has 3 heterocycles. The Labute approximate surface area is 183 Å². The highest BCUT2D eigenvalue weighted by Crippen LogP contribution is 2.30. The Hall–Kier alpha value is -2.72. The van der Waals surface area contributed by atoms with E-state index in [4.69, 9.17) is 4.74 Å². The zero-order valence-electron chi connectivity index (χ0n) is 17.0. The lowest BCUT2D eigenvalue weighted by molar-refractivity contribution is -0.113. The van der Waals surface area contributed by atoms with E-state index in [-0.39, 0.29) is 18.3 Å². The summed E-state index contributed by atoms with van der Waals surface area (Å²) in [4.78, 5) is 29.9. The van der Waals surface area contributed by atoms with Gasteiger partial charge in [-0.15, -0.1) is 21.5 Å². The van der Waals surface area contributed by atoms with Gasteiger partial charge < -0.3 is 14.6 Å². The third kappa shape index (κ3) is 5.06. The zero-order valence-corrected chi connectivity index (χ0v) is 18.7. The number of anilines is 1. The number of thioether (sulfide) groups is 1. The highest BCUT2D eigenvalue weighted by atomic mass is 32.2. The van der Waals surface area contributed by atoms with Crippen molar-refractivity contribution in [3.8, 4) is 11.4 Å². The van der Waals surface area contributed by atoms with E-state index in [0.717, 1.165) is 16.9 Å². The Morgan fingerprint density at radius 3 is 2.77 bits per heavy atom. The number of aryl methyl sites for hydroxylation is 1. The Morgan fingerprint density at radius 2 is 2.10 bits per heavy atom. The Morgan fingerprint density at radius 1 is 1.27 bits per heavy atom. The first-order valence-electron chi connectivity index (χ1n) is 9.63. The van der Waals surface area contributed by atoms with E-state index in [9.17, 15) is 9.59 Å². The predicted molar refractivity (Wildman–Crippen MR) is 118 cm³/mol. The van der Waals surface area contributed by atoms with Crippen LogP contribution in [0, 0.1) is 0 Å². The lowest BCUT2D eigenvalue weighted by Gasteiger charge is -2.08. The molecule has 3 aromatic heterocycles. The first-order valence-corrected chi connectivity index (χ1v) is 11.4. The molecule has 3 aromatic rings. The lowest BCUT2D eigenvalue weighted by Crippen LogP contribution is -2.16. The fourth-order valence-corrected chi connectivity index (χ4v) is 4.55. The fraction of sp³-hybridized carbons (Fsp3) is 0.350. The van der Waals surface area contributed by atoms with Crippen molar-refractivity contribution in [2.45, 2.75) is 38.9 Å². The molecule has 0 aromatic carbocycles. The average Bonchev–Trinajstić information content (AvgIpc) is 3.36. The van der Waals surface area contributed by atoms with Gasteiger partial charge >= 0.3 is 5.97 Å². The van der Waals surface area contributed by atoms with Crippen LogP contribution >= 0.6 is 23.1 Å². The van der Waals surface area contributed by atoms with Crippen LogP contribution in [-0.4, -0.2) is 44.0 Å². The van der Waals surface area contributed by atoms with Crippen molar-refractivity contribution >= 4 is 40.0 Å². The molecule has 1 N–H and O–H groups in total. The van der Waals surface area contributed by atoms with Gasteiger partial charge in [0.05, 0.1) is 17.9 Å². The number of nitrogens with one attached hydrogen (secondary N) is 1. The van der Waals surface area contributed by atoms with Crippen molar-refractivity contribution in [2.75, 3.05) is 17.7 Å². The maximum absolute atomic E-state index is 12.5. The highest BCUT2D eigenvalue weighted by Gasteiger charge is 2.20. The molecule has 0 aliphatic heterocycles. The van der Waals surface area contributed by atoms with Crippen LogP contribution in [0.15, 0.2) is 35.7 Å². The van der Waals surface area contributed by atoms with Crippen LogP contribution in [0.25, 0.3) is 11.4 Å². The van der Waals surface area contributed by atoms with E-state index in [0.29, 0.717) is 28.1 Å². The molecular formula is C20H23N5O3S2. The second-order valence-corrected chi connectivity index (χ2v) is 8.24. The lowest BCUT2D eigenvalue weighted by atomic mass is 10.2. The van der Waals surface area contributed by atoms with Gasteiger partial charge in [0.15, 0.2) is 11.0 Å². The number of esters is 1. The van der Waals surface area contributed by atoms with Crippen molar-refractivity contribution < 1.29 is 14.3 Å². The maximum Gasteiger partial charge on any atom is 0.341 e. The number of carbonyl (C=O) groups is 2. The van der Waals surface area contributed by atoms with E-state index in [2.05, 4.69) is 20.5 Å². The van der Waals surface area contributed by atoms with Gasteiger partial charge in [0.1, 0.15) is 5.00 Å². The monoisotopic (exact) mass is 445 g/mol. The number of ether oxygens (including phenoxy) is 1. The summed E-state index contributed by atoms with van der Waals surface area (Å²) in [5.41, 5.74) is 1.26. The molecule has 0 spiro atoms. The number of rotatable bonds is 9. The van der Waals surface area contributed by atoms with Crippen molar-refractivity contribution in [3.05, 3.63) is 41.0 Å². The van der Waals surface area contributed by atoms with Gasteiger partial charge in [0, 0.05) is 29.4 Å². The van der Waals surface area contributed by atoms with Crippen LogP contribution in [0.2, 0.25) is 0 Å². The van der Waals surface area contributed by atoms with Crippen LogP contribution in [0.4, 0.5) is 5.00 Å². The average molecular weight is 446 g/mol. The maximum atomic E-state index is 12.5. The number of hydrogen-bond acceptors (Lipinski definition) is 8. The summed E-state index contributed by atoms with van der Waals surface area (Å²) in [6.45, 7) is 6.70. The number of thiophene rings is 1. The van der Waals surface area contributed by atoms with Crippen LogP contribution in [0.1, 0.15) is 36.0 Å². The van der Waals surface area contributed by atoms with E-state index in [1.165, 1.54) is 23.1 Å². The number of hydrogen-bond donors (Lipinski definition) is 1. The minimum atomic E-state index is -0.428. The zero-order chi connectivity index (χ0) is 21.5. The van der Waals surface area contributed by atoms with Crippen molar-refractivity contribution in [3.63, 3.8) is 0 Å². The molecule has 0 aliphatic rings. The van der Waals surface area contributed by atoms with Crippen molar-refractivity contribution in [1.29, 1.82) is 0 Å². The molecule has 0 saturated heterocycles. The van der Waals surface area contributed by atoms with Gasteiger partial charge in [0.25, 0.3) is 0 Å². The number of nitrogens with zero attached hydrogens (tertiary/aromatic N) is 4. The molecule has 1 amide bonds. The van der Waals surface area contributed by atoms with Crippen LogP contribution in [0.3, 0.4) is 0 Å². The minimum absolute atomic E-state index is 0.146. The molecule has 158 valence electrons. The summed E-state index contributed by atoms with van der Waals surface area (Å²) >= 11 is 2.69. The molecule has 0 bridgehead atoms. The first-order chi connectivity index (χ1) is 14.6. The summed E-state index contributed by atoms with van der Waals surface area (Å²) in [7, 11) is 0. The summed E-state index contributed by atoms with van der Waals surface area (Å²) in [6.07, 6.45) is 4.21. The Bertz CT molecular complexity index is 1020. The normalized spacial score (nSPS) is 10.8. The summed E-state index contributed by atoms with van der Waals surface area (Å²) in [5, 5.41) is 12.5. The van der Waals surface area contributed by atoms with Gasteiger partial charge in [0.2, 0.25) is 5.91 Å². The quantitative estimate of drug-likeness (QED) is 0.394. The molecule has 0 aliphatic carbocycles. The third-order valence-corrected chi connectivity index (χ3v) is 6.33. The number of amides is 1. The van der Waals surface area contributed by atoms with E-state index >= 15 is 0 Å². The van der Waals surface area contributed by atoms with E-state index < -0.39 is 5.97 Å². The molecule has 30 heavy (non-hydrogen) atoms. The first kappa shape index (κ1) is 22.0. The van der Waals surface area contributed by atoms with Gasteiger partial charge in [-0.1, -0.05) is 18.7 Å². The predicted octanol–water partition coefficient (Wildman–Crippen LogP) is 3.89. The molecule has 0 unspecified atom stereocenters. The second kappa shape index (κ2) is 10.4. The Balaban J connectivity index is 1.69. The van der Waals surface area contributed by atoms with Gasteiger partial charge in [-0.2, -0.15) is 0 Å². The standard InChI is InChI=1S/C20H23N5O3S2/c1-4-14-10-15(19(27)28-6-3)18(30-14)22-16(26)12-29-20-24-23-17(25(20)5-2)13-8-7-9-21-11-13/h7-11H,4-6,12H2,1-3H3,(H,22,26). The highest BCUT2D eigenvalue weighted by molar-refractivity contribution is 7.99. The van der Waals surface area contributed by atoms with Crippen molar-refractivity contribution in [2.24, 2.45) is 0 Å². The van der Waals surface area contributed by atoms with Gasteiger partial charge in [-0.3, -0.25) is 9.78 Å². The molecular weight excluding hydrogens is 422 g/mol. The molecule has 0 radical (unpaired) electrons. The molecule has 3 rings (SSSR count). The number of pyridine rings is 1. The fourth-order valence-electron chi connectivity index (χ4n) is 2.75. The second-order valence-electron chi connectivity index (χ2n) is 6.16. The van der Waals surface area contributed by atoms with E-state index in [1.54, 1.807) is 25.4 Å². The summed E-state index contributed by atoms with van der Waals surface area (Å²) in [5.74, 6) is 0.211. The van der Waals surface area contributed by atoms with Crippen molar-refractivity contribution in [1.82, 2.24) is 19.7 Å². The van der Waals surface area contributed by atoms with Gasteiger partial charge in [-0.05, 0) is 38.5 Å². The van der Waals surface area contributed by atoms with Crippen LogP contribution in [-0.2, 0) is 22.5 Å². The molecule has 0 fully saturated rings. The molecule has 10 heteroatoms. The van der Waals surface area contributed by atoms with Crippen LogP contribution < -0.4 is 5.32 Å². The van der Waals surface area contributed by atoms with Crippen LogP contribution in [0.5, 0.6) is 0 Å². The summed E-state index contributed by atoms with van der Waals surface area (Å²) < 4.78 is 7.04. The molecule has 0 saturated carbocycles. The minimum Gasteiger partial charge on any atom is -0.462 e. The van der Waals surface area contributed by atoms with Gasteiger partial charge in [-0.25, -0.2) is 4.79 Å². The SMILES string of the molecule is CCOC(=O)c1cc(CC)sc1NC(=O)CSc1nnc(-c2cccnc2)n1CC. The number of aromatic nitrogens is 4. The topological polar surface area (TPSA) is 99.0 Å². The number of carbonyl (C=O) groups excluding carboxylic acids is 2. The third-order valence-electron chi connectivity index (χ3n) is 4.17.